The van der Waals surface area contributed by atoms with Gasteiger partial charge in [0.1, 0.15) is 0 Å². The van der Waals surface area contributed by atoms with Crippen molar-refractivity contribution in [3.63, 3.8) is 0 Å². The largest absolute Gasteiger partial charge is 0.345 e. The van der Waals surface area contributed by atoms with Crippen LogP contribution in [0, 0.1) is 0 Å². The van der Waals surface area contributed by atoms with Crippen LogP contribution in [0.15, 0.2) is 18.2 Å². The predicted octanol–water partition coefficient (Wildman–Crippen LogP) is 2.50. The summed E-state index contributed by atoms with van der Waals surface area (Å²) in [7, 11) is 3.28. The second-order valence-corrected chi connectivity index (χ2v) is 5.92. The molecule has 1 aromatic carbocycles. The van der Waals surface area contributed by atoms with Gasteiger partial charge in [0.25, 0.3) is 5.91 Å². The smallest absolute Gasteiger partial charge is 0.254 e. The zero-order valence-corrected chi connectivity index (χ0v) is 13.6. The molecule has 5 nitrogen and oxygen atoms in total. The number of rotatable bonds is 5. The standard InChI is InChI=1S/C15H22ClN3O2/c1-5-8-15(2,17)14(21)18-10-6-7-12(16)11(9-10)13(20)19(3)4/h6-7,9H,5,8,17H2,1-4H3,(H,18,21). The van der Waals surface area contributed by atoms with Crippen LogP contribution in [0.4, 0.5) is 5.69 Å². The molecule has 0 saturated carbocycles. The van der Waals surface area contributed by atoms with Gasteiger partial charge in [-0.3, -0.25) is 9.59 Å². The summed E-state index contributed by atoms with van der Waals surface area (Å²) in [6, 6.07) is 4.79. The highest BCUT2D eigenvalue weighted by molar-refractivity contribution is 6.34. The first-order valence-electron chi connectivity index (χ1n) is 6.80. The Hall–Kier alpha value is -1.59. The number of carbonyl (C=O) groups is 2. The van der Waals surface area contributed by atoms with E-state index in [0.717, 1.165) is 6.42 Å². The van der Waals surface area contributed by atoms with E-state index in [2.05, 4.69) is 5.32 Å². The lowest BCUT2D eigenvalue weighted by atomic mass is 9.96. The van der Waals surface area contributed by atoms with E-state index in [4.69, 9.17) is 17.3 Å². The Kier molecular flexibility index (Phi) is 5.75. The SMILES string of the molecule is CCCC(C)(N)C(=O)Nc1ccc(Cl)c(C(=O)N(C)C)c1. The zero-order valence-electron chi connectivity index (χ0n) is 12.9. The molecule has 6 heteroatoms. The molecule has 0 spiro atoms. The molecule has 0 aliphatic rings. The molecule has 1 atom stereocenters. The average molecular weight is 312 g/mol. The summed E-state index contributed by atoms with van der Waals surface area (Å²) >= 11 is 6.03. The Bertz CT molecular complexity index is 542. The van der Waals surface area contributed by atoms with E-state index in [1.54, 1.807) is 39.2 Å². The van der Waals surface area contributed by atoms with E-state index in [1.807, 2.05) is 6.92 Å². The number of benzene rings is 1. The number of halogens is 1. The first-order valence-corrected chi connectivity index (χ1v) is 7.18. The summed E-state index contributed by atoms with van der Waals surface area (Å²) in [6.45, 7) is 3.65. The van der Waals surface area contributed by atoms with Gasteiger partial charge in [-0.2, -0.15) is 0 Å². The fraction of sp³-hybridized carbons (Fsp3) is 0.467. The van der Waals surface area contributed by atoms with Crippen LogP contribution >= 0.6 is 11.6 Å². The molecule has 21 heavy (non-hydrogen) atoms. The summed E-state index contributed by atoms with van der Waals surface area (Å²) < 4.78 is 0. The van der Waals surface area contributed by atoms with Crippen molar-refractivity contribution in [3.8, 4) is 0 Å². The predicted molar refractivity (Wildman–Crippen MR) is 85.6 cm³/mol. The average Bonchev–Trinajstić information content (AvgIpc) is 2.39. The molecule has 0 aliphatic heterocycles. The van der Waals surface area contributed by atoms with Gasteiger partial charge in [0.05, 0.1) is 16.1 Å². The van der Waals surface area contributed by atoms with E-state index in [1.165, 1.54) is 4.90 Å². The number of nitrogens with one attached hydrogen (secondary N) is 1. The van der Waals surface area contributed by atoms with E-state index in [-0.39, 0.29) is 11.8 Å². The summed E-state index contributed by atoms with van der Waals surface area (Å²) in [6.07, 6.45) is 1.39. The van der Waals surface area contributed by atoms with Crippen molar-refractivity contribution in [1.82, 2.24) is 4.90 Å². The van der Waals surface area contributed by atoms with E-state index >= 15 is 0 Å². The molecular weight excluding hydrogens is 290 g/mol. The summed E-state index contributed by atoms with van der Waals surface area (Å²) in [5.74, 6) is -0.505. The van der Waals surface area contributed by atoms with Crippen molar-refractivity contribution in [2.45, 2.75) is 32.2 Å². The Morgan fingerprint density at radius 1 is 1.38 bits per heavy atom. The molecule has 0 heterocycles. The maximum Gasteiger partial charge on any atom is 0.254 e. The molecule has 0 fully saturated rings. The minimum Gasteiger partial charge on any atom is -0.345 e. The number of carbonyl (C=O) groups excluding carboxylic acids is 2. The van der Waals surface area contributed by atoms with Gasteiger partial charge in [0, 0.05) is 19.8 Å². The molecule has 116 valence electrons. The molecule has 1 aromatic rings. The van der Waals surface area contributed by atoms with Crippen molar-refractivity contribution in [2.24, 2.45) is 5.73 Å². The molecule has 0 saturated heterocycles. The number of nitrogens with two attached hydrogens (primary N) is 1. The van der Waals surface area contributed by atoms with Crippen molar-refractivity contribution >= 4 is 29.1 Å². The first-order chi connectivity index (χ1) is 9.69. The van der Waals surface area contributed by atoms with Gasteiger partial charge < -0.3 is 16.0 Å². The Labute approximate surface area is 130 Å². The van der Waals surface area contributed by atoms with Gasteiger partial charge in [-0.1, -0.05) is 24.9 Å². The quantitative estimate of drug-likeness (QED) is 0.877. The van der Waals surface area contributed by atoms with Crippen LogP contribution in [0.1, 0.15) is 37.0 Å². The molecule has 0 radical (unpaired) electrons. The fourth-order valence-corrected chi connectivity index (χ4v) is 2.11. The lowest BCUT2D eigenvalue weighted by molar-refractivity contribution is -0.120. The molecule has 1 rings (SSSR count). The Morgan fingerprint density at radius 2 is 2.00 bits per heavy atom. The van der Waals surface area contributed by atoms with Crippen LogP contribution in [0.3, 0.4) is 0 Å². The summed E-state index contributed by atoms with van der Waals surface area (Å²) in [5.41, 5.74) is 5.88. The molecular formula is C15H22ClN3O2. The number of hydrogen-bond donors (Lipinski definition) is 2. The van der Waals surface area contributed by atoms with Gasteiger partial charge >= 0.3 is 0 Å². The molecule has 0 aromatic heterocycles. The minimum atomic E-state index is -0.944. The van der Waals surface area contributed by atoms with Crippen molar-refractivity contribution in [1.29, 1.82) is 0 Å². The maximum absolute atomic E-state index is 12.2. The molecule has 0 aliphatic carbocycles. The third-order valence-electron chi connectivity index (χ3n) is 3.15. The first kappa shape index (κ1) is 17.5. The highest BCUT2D eigenvalue weighted by atomic mass is 35.5. The van der Waals surface area contributed by atoms with Gasteiger partial charge in [-0.15, -0.1) is 0 Å². The maximum atomic E-state index is 12.2. The number of hydrogen-bond acceptors (Lipinski definition) is 3. The Balaban J connectivity index is 2.98. The van der Waals surface area contributed by atoms with Crippen LogP contribution in [-0.2, 0) is 4.79 Å². The van der Waals surface area contributed by atoms with Gasteiger partial charge in [-0.25, -0.2) is 0 Å². The second-order valence-electron chi connectivity index (χ2n) is 5.52. The molecule has 1 unspecified atom stereocenters. The van der Waals surface area contributed by atoms with Crippen LogP contribution in [0.2, 0.25) is 5.02 Å². The summed E-state index contributed by atoms with van der Waals surface area (Å²) in [5, 5.41) is 3.08. The van der Waals surface area contributed by atoms with E-state index < -0.39 is 5.54 Å². The number of nitrogens with zero attached hydrogens (tertiary/aromatic N) is 1. The van der Waals surface area contributed by atoms with Gasteiger partial charge in [0.15, 0.2) is 0 Å². The number of anilines is 1. The molecule has 3 N–H and O–H groups in total. The lowest BCUT2D eigenvalue weighted by Gasteiger charge is -2.23. The number of amides is 2. The highest BCUT2D eigenvalue weighted by Crippen LogP contribution is 2.22. The van der Waals surface area contributed by atoms with Crippen LogP contribution < -0.4 is 11.1 Å². The van der Waals surface area contributed by atoms with Crippen LogP contribution in [0.5, 0.6) is 0 Å². The van der Waals surface area contributed by atoms with Gasteiger partial charge in [-0.05, 0) is 31.5 Å². The van der Waals surface area contributed by atoms with Crippen molar-refractivity contribution in [2.75, 3.05) is 19.4 Å². The zero-order chi connectivity index (χ0) is 16.2. The normalized spacial score (nSPS) is 13.4. The monoisotopic (exact) mass is 311 g/mol. The topological polar surface area (TPSA) is 75.4 Å². The molecule has 0 bridgehead atoms. The summed E-state index contributed by atoms with van der Waals surface area (Å²) in [4.78, 5) is 25.6. The minimum absolute atomic E-state index is 0.222. The van der Waals surface area contributed by atoms with Crippen LogP contribution in [0.25, 0.3) is 0 Å². The lowest BCUT2D eigenvalue weighted by Crippen LogP contribution is -2.48. The highest BCUT2D eigenvalue weighted by Gasteiger charge is 2.27. The van der Waals surface area contributed by atoms with E-state index in [0.29, 0.717) is 22.7 Å². The third kappa shape index (κ3) is 4.44. The second kappa shape index (κ2) is 6.91. The van der Waals surface area contributed by atoms with Crippen LogP contribution in [-0.4, -0.2) is 36.3 Å². The third-order valence-corrected chi connectivity index (χ3v) is 3.48. The molecule has 2 amide bonds. The fourth-order valence-electron chi connectivity index (χ4n) is 1.91. The van der Waals surface area contributed by atoms with Gasteiger partial charge in [0.2, 0.25) is 5.91 Å². The van der Waals surface area contributed by atoms with Crippen molar-refractivity contribution in [3.05, 3.63) is 28.8 Å². The van der Waals surface area contributed by atoms with E-state index in [9.17, 15) is 9.59 Å². The van der Waals surface area contributed by atoms with Crippen molar-refractivity contribution < 1.29 is 9.59 Å². The Morgan fingerprint density at radius 3 is 2.52 bits per heavy atom.